The summed E-state index contributed by atoms with van der Waals surface area (Å²) in [7, 11) is 0. The molecule has 1 saturated heterocycles. The highest BCUT2D eigenvalue weighted by Crippen LogP contribution is 2.20. The Labute approximate surface area is 130 Å². The molecule has 0 bridgehead atoms. The van der Waals surface area contributed by atoms with Crippen molar-refractivity contribution in [1.82, 2.24) is 9.88 Å². The number of amides is 1. The number of aryl methyl sites for hydroxylation is 2. The summed E-state index contributed by atoms with van der Waals surface area (Å²) in [4.78, 5) is 18.6. The number of hydrogen-bond donors (Lipinski definition) is 2. The van der Waals surface area contributed by atoms with Crippen LogP contribution in [0.1, 0.15) is 36.2 Å². The van der Waals surface area contributed by atoms with Gasteiger partial charge in [0.25, 0.3) is 0 Å². The lowest BCUT2D eigenvalue weighted by atomic mass is 10.1. The molecule has 2 rings (SSSR count). The number of rotatable bonds is 5. The van der Waals surface area contributed by atoms with Crippen molar-refractivity contribution in [1.29, 1.82) is 0 Å². The maximum absolute atomic E-state index is 12.0. The lowest BCUT2D eigenvalue weighted by Gasteiger charge is -2.17. The van der Waals surface area contributed by atoms with Crippen LogP contribution in [0.5, 0.6) is 0 Å². The van der Waals surface area contributed by atoms with Gasteiger partial charge in [0.15, 0.2) is 0 Å². The molecule has 5 nitrogen and oxygen atoms in total. The van der Waals surface area contributed by atoms with Gasteiger partial charge in [-0.2, -0.15) is 0 Å². The first-order valence-corrected chi connectivity index (χ1v) is 7.69. The van der Waals surface area contributed by atoms with E-state index in [1.54, 1.807) is 0 Å². The molecular weight excluding hydrogens is 284 g/mol. The first-order chi connectivity index (χ1) is 9.99. The van der Waals surface area contributed by atoms with E-state index in [0.717, 1.165) is 48.6 Å². The van der Waals surface area contributed by atoms with Gasteiger partial charge < -0.3 is 16.0 Å². The Morgan fingerprint density at radius 2 is 2.10 bits per heavy atom. The van der Waals surface area contributed by atoms with Gasteiger partial charge in [0.05, 0.1) is 5.56 Å². The summed E-state index contributed by atoms with van der Waals surface area (Å²) in [5.74, 6) is 0.208. The van der Waals surface area contributed by atoms with Crippen molar-refractivity contribution in [3.63, 3.8) is 0 Å². The summed E-state index contributed by atoms with van der Waals surface area (Å²) in [6.07, 6.45) is 2.72. The summed E-state index contributed by atoms with van der Waals surface area (Å²) in [5.41, 5.74) is 9.12. The molecule has 0 spiro atoms. The van der Waals surface area contributed by atoms with Crippen LogP contribution in [0.25, 0.3) is 0 Å². The number of aromatic nitrogens is 1. The smallest absolute Gasteiger partial charge is 0.224 e. The SMILES string of the molecule is Cc1cc(NCCC(=O)N2CCCC2)c(C(N)=S)c(C)n1. The molecule has 0 aromatic carbocycles. The molecule has 0 unspecified atom stereocenters. The average Bonchev–Trinajstić information content (AvgIpc) is 2.91. The van der Waals surface area contributed by atoms with Crippen molar-refractivity contribution in [2.24, 2.45) is 5.73 Å². The van der Waals surface area contributed by atoms with E-state index in [9.17, 15) is 4.79 Å². The van der Waals surface area contributed by atoms with Crippen LogP contribution in [0, 0.1) is 13.8 Å². The molecule has 114 valence electrons. The quantitative estimate of drug-likeness (QED) is 0.811. The number of carbonyl (C=O) groups excluding carboxylic acids is 1. The molecule has 1 aliphatic heterocycles. The van der Waals surface area contributed by atoms with Gasteiger partial charge in [0, 0.05) is 43.1 Å². The Bertz CT molecular complexity index is 553. The molecule has 0 atom stereocenters. The number of nitrogens with one attached hydrogen (secondary N) is 1. The third-order valence-corrected chi connectivity index (χ3v) is 3.89. The Kier molecular flexibility index (Phi) is 5.12. The van der Waals surface area contributed by atoms with E-state index in [1.165, 1.54) is 0 Å². The van der Waals surface area contributed by atoms with Crippen LogP contribution in [0.4, 0.5) is 5.69 Å². The highest BCUT2D eigenvalue weighted by Gasteiger charge is 2.17. The predicted octanol–water partition coefficient (Wildman–Crippen LogP) is 1.76. The first-order valence-electron chi connectivity index (χ1n) is 7.28. The normalized spacial score (nSPS) is 14.3. The van der Waals surface area contributed by atoms with E-state index >= 15 is 0 Å². The van der Waals surface area contributed by atoms with Gasteiger partial charge in [0.2, 0.25) is 5.91 Å². The van der Waals surface area contributed by atoms with Crippen LogP contribution in [0.3, 0.4) is 0 Å². The minimum Gasteiger partial charge on any atom is -0.389 e. The van der Waals surface area contributed by atoms with Crippen LogP contribution in [0.15, 0.2) is 6.07 Å². The largest absolute Gasteiger partial charge is 0.389 e. The van der Waals surface area contributed by atoms with E-state index in [0.29, 0.717) is 18.0 Å². The number of hydrogen-bond acceptors (Lipinski definition) is 4. The monoisotopic (exact) mass is 306 g/mol. The fraction of sp³-hybridized carbons (Fsp3) is 0.533. The highest BCUT2D eigenvalue weighted by molar-refractivity contribution is 7.80. The molecule has 6 heteroatoms. The molecule has 1 aromatic rings. The molecular formula is C15H22N4OS. The van der Waals surface area contributed by atoms with E-state index in [2.05, 4.69) is 10.3 Å². The zero-order valence-electron chi connectivity index (χ0n) is 12.6. The van der Waals surface area contributed by atoms with E-state index < -0.39 is 0 Å². The fourth-order valence-corrected chi connectivity index (χ4v) is 2.97. The van der Waals surface area contributed by atoms with Gasteiger partial charge >= 0.3 is 0 Å². The van der Waals surface area contributed by atoms with E-state index in [1.807, 2.05) is 24.8 Å². The highest BCUT2D eigenvalue weighted by atomic mass is 32.1. The van der Waals surface area contributed by atoms with E-state index in [4.69, 9.17) is 18.0 Å². The molecule has 1 aromatic heterocycles. The Morgan fingerprint density at radius 1 is 1.43 bits per heavy atom. The Morgan fingerprint density at radius 3 is 2.71 bits per heavy atom. The Hall–Kier alpha value is -1.69. The van der Waals surface area contributed by atoms with Gasteiger partial charge in [-0.1, -0.05) is 12.2 Å². The van der Waals surface area contributed by atoms with Crippen molar-refractivity contribution in [3.8, 4) is 0 Å². The molecule has 0 radical (unpaired) electrons. The van der Waals surface area contributed by atoms with Gasteiger partial charge in [-0.3, -0.25) is 9.78 Å². The van der Waals surface area contributed by atoms with Crippen LogP contribution in [0.2, 0.25) is 0 Å². The maximum atomic E-state index is 12.0. The Balaban J connectivity index is 1.99. The first kappa shape index (κ1) is 15.7. The molecule has 1 amide bonds. The number of nitrogens with zero attached hydrogens (tertiary/aromatic N) is 2. The predicted molar refractivity (Wildman–Crippen MR) is 88.5 cm³/mol. The van der Waals surface area contributed by atoms with Gasteiger partial charge in [-0.25, -0.2) is 0 Å². The number of anilines is 1. The van der Waals surface area contributed by atoms with Crippen LogP contribution in [-0.2, 0) is 4.79 Å². The van der Waals surface area contributed by atoms with Gasteiger partial charge in [-0.15, -0.1) is 0 Å². The summed E-state index contributed by atoms with van der Waals surface area (Å²) in [6, 6.07) is 1.92. The third-order valence-electron chi connectivity index (χ3n) is 3.69. The summed E-state index contributed by atoms with van der Waals surface area (Å²) < 4.78 is 0. The molecule has 0 aliphatic carbocycles. The molecule has 2 heterocycles. The maximum Gasteiger partial charge on any atom is 0.224 e. The second-order valence-corrected chi connectivity index (χ2v) is 5.84. The average molecular weight is 306 g/mol. The number of pyridine rings is 1. The van der Waals surface area contributed by atoms with Crippen LogP contribution in [-0.4, -0.2) is 40.4 Å². The van der Waals surface area contributed by atoms with Crippen LogP contribution < -0.4 is 11.1 Å². The zero-order chi connectivity index (χ0) is 15.4. The van der Waals surface area contributed by atoms with Crippen LogP contribution >= 0.6 is 12.2 Å². The molecule has 21 heavy (non-hydrogen) atoms. The summed E-state index contributed by atoms with van der Waals surface area (Å²) in [5, 5.41) is 3.28. The van der Waals surface area contributed by atoms with Crippen molar-refractivity contribution < 1.29 is 4.79 Å². The number of nitrogens with two attached hydrogens (primary N) is 1. The second-order valence-electron chi connectivity index (χ2n) is 5.40. The third kappa shape index (κ3) is 3.91. The van der Waals surface area contributed by atoms with Crippen molar-refractivity contribution >= 4 is 28.8 Å². The molecule has 1 aliphatic rings. The topological polar surface area (TPSA) is 71.2 Å². The van der Waals surface area contributed by atoms with Crippen molar-refractivity contribution in [2.75, 3.05) is 25.0 Å². The number of carbonyl (C=O) groups is 1. The standard InChI is InChI=1S/C15H22N4OS/c1-10-9-12(14(15(16)21)11(2)18-10)17-6-5-13(20)19-7-3-4-8-19/h9H,3-8H2,1-2H3,(H2,16,21)(H,17,18). The van der Waals surface area contributed by atoms with E-state index in [-0.39, 0.29) is 5.91 Å². The summed E-state index contributed by atoms with van der Waals surface area (Å²) in [6.45, 7) is 6.18. The lowest BCUT2D eigenvalue weighted by Crippen LogP contribution is -2.29. The molecule has 1 fully saturated rings. The molecule has 0 saturated carbocycles. The van der Waals surface area contributed by atoms with Crippen molar-refractivity contribution in [3.05, 3.63) is 23.0 Å². The van der Waals surface area contributed by atoms with Crippen molar-refractivity contribution in [2.45, 2.75) is 33.1 Å². The lowest BCUT2D eigenvalue weighted by molar-refractivity contribution is -0.129. The fourth-order valence-electron chi connectivity index (χ4n) is 2.71. The summed E-state index contributed by atoms with van der Waals surface area (Å²) >= 11 is 5.09. The van der Waals surface area contributed by atoms with Gasteiger partial charge in [0.1, 0.15) is 4.99 Å². The molecule has 3 N–H and O–H groups in total. The minimum absolute atomic E-state index is 0.208. The second kappa shape index (κ2) is 6.85. The zero-order valence-corrected chi connectivity index (χ0v) is 13.4. The van der Waals surface area contributed by atoms with Gasteiger partial charge in [-0.05, 0) is 32.8 Å². The number of likely N-dealkylation sites (tertiary alicyclic amines) is 1. The number of thiocarbonyl (C=S) groups is 1. The minimum atomic E-state index is 0.208.